The number of hydrogen-bond donors (Lipinski definition) is 3. The van der Waals surface area contributed by atoms with Crippen LogP contribution in [-0.2, 0) is 4.74 Å². The molecule has 0 radical (unpaired) electrons. The standard InChI is InChI=1S/C12H24N4O3S/c1-3-4-5-6-7-8-9-19-12(14-10(13)17)15-11(18)16-20-2/h3-9H2,1-2H3,(H4,13,14,15,16,17,18). The topological polar surface area (TPSA) is 106 Å². The van der Waals surface area contributed by atoms with Crippen LogP contribution >= 0.6 is 11.9 Å². The van der Waals surface area contributed by atoms with Gasteiger partial charge in [-0.25, -0.2) is 9.59 Å². The van der Waals surface area contributed by atoms with E-state index in [1.54, 1.807) is 6.26 Å². The summed E-state index contributed by atoms with van der Waals surface area (Å²) in [6, 6.07) is -1.59. The maximum atomic E-state index is 11.3. The molecule has 0 heterocycles. The Hall–Kier alpha value is -1.44. The highest BCUT2D eigenvalue weighted by Crippen LogP contribution is 2.04. The Balaban J connectivity index is 3.94. The Morgan fingerprint density at radius 2 is 1.85 bits per heavy atom. The van der Waals surface area contributed by atoms with Gasteiger partial charge in [-0.15, -0.1) is 4.99 Å². The monoisotopic (exact) mass is 304 g/mol. The lowest BCUT2D eigenvalue weighted by Gasteiger charge is -2.09. The number of hydrogen-bond acceptors (Lipinski definition) is 4. The highest BCUT2D eigenvalue weighted by Gasteiger charge is 2.07. The summed E-state index contributed by atoms with van der Waals surface area (Å²) < 4.78 is 7.67. The predicted octanol–water partition coefficient (Wildman–Crippen LogP) is 2.38. The number of rotatable bonds is 8. The minimum Gasteiger partial charge on any atom is -0.465 e. The van der Waals surface area contributed by atoms with Gasteiger partial charge >= 0.3 is 18.1 Å². The van der Waals surface area contributed by atoms with Crippen molar-refractivity contribution < 1.29 is 14.3 Å². The van der Waals surface area contributed by atoms with Crippen molar-refractivity contribution in [3.8, 4) is 0 Å². The molecule has 0 aromatic carbocycles. The van der Waals surface area contributed by atoms with Gasteiger partial charge in [0.2, 0.25) is 0 Å². The van der Waals surface area contributed by atoms with Gasteiger partial charge in [-0.3, -0.25) is 10.0 Å². The zero-order valence-electron chi connectivity index (χ0n) is 12.1. The molecule has 0 aromatic heterocycles. The summed E-state index contributed by atoms with van der Waals surface area (Å²) in [6.07, 6.45) is 8.40. The fourth-order valence-corrected chi connectivity index (χ4v) is 1.70. The van der Waals surface area contributed by atoms with Gasteiger partial charge in [0.25, 0.3) is 0 Å². The first-order valence-electron chi connectivity index (χ1n) is 6.71. The Labute approximate surface area is 124 Å². The fraction of sp³-hybridized carbons (Fsp3) is 0.750. The molecule has 0 unspecified atom stereocenters. The number of primary amides is 1. The first-order chi connectivity index (χ1) is 9.60. The molecule has 7 nitrogen and oxygen atoms in total. The summed E-state index contributed by atoms with van der Waals surface area (Å²) in [5.41, 5.74) is 4.94. The summed E-state index contributed by atoms with van der Waals surface area (Å²) in [6.45, 7) is 2.55. The molecule has 0 rings (SSSR count). The predicted molar refractivity (Wildman–Crippen MR) is 81.5 cm³/mol. The first-order valence-corrected chi connectivity index (χ1v) is 7.93. The molecule has 8 heteroatoms. The van der Waals surface area contributed by atoms with Crippen LogP contribution in [0.5, 0.6) is 0 Å². The van der Waals surface area contributed by atoms with E-state index in [0.717, 1.165) is 31.2 Å². The zero-order chi connectivity index (χ0) is 15.2. The van der Waals surface area contributed by atoms with Crippen LogP contribution in [0.2, 0.25) is 0 Å². The van der Waals surface area contributed by atoms with Gasteiger partial charge in [0.05, 0.1) is 6.61 Å². The van der Waals surface area contributed by atoms with E-state index in [9.17, 15) is 9.59 Å². The normalized spacial score (nSPS) is 11.0. The smallest absolute Gasteiger partial charge is 0.342 e. The van der Waals surface area contributed by atoms with Crippen molar-refractivity contribution in [3.05, 3.63) is 0 Å². The molecule has 0 aliphatic heterocycles. The van der Waals surface area contributed by atoms with Crippen LogP contribution in [0.1, 0.15) is 45.4 Å². The van der Waals surface area contributed by atoms with Crippen LogP contribution in [0.25, 0.3) is 0 Å². The Kier molecular flexibility index (Phi) is 11.7. The van der Waals surface area contributed by atoms with Gasteiger partial charge in [0.1, 0.15) is 0 Å². The minimum atomic E-state index is -0.910. The van der Waals surface area contributed by atoms with Gasteiger partial charge in [-0.2, -0.15) is 0 Å². The average molecular weight is 304 g/mol. The zero-order valence-corrected chi connectivity index (χ0v) is 12.9. The summed E-state index contributed by atoms with van der Waals surface area (Å²) >= 11 is 1.12. The molecular weight excluding hydrogens is 280 g/mol. The van der Waals surface area contributed by atoms with E-state index < -0.39 is 12.1 Å². The molecule has 0 saturated heterocycles. The van der Waals surface area contributed by atoms with E-state index in [0.29, 0.717) is 6.61 Å². The highest BCUT2D eigenvalue weighted by atomic mass is 32.2. The van der Waals surface area contributed by atoms with Crippen molar-refractivity contribution in [1.82, 2.24) is 10.0 Å². The molecule has 4 N–H and O–H groups in total. The number of amidine groups is 1. The molecule has 0 saturated carbocycles. The van der Waals surface area contributed by atoms with E-state index >= 15 is 0 Å². The molecule has 0 bridgehead atoms. The fourth-order valence-electron chi connectivity index (χ4n) is 1.46. The van der Waals surface area contributed by atoms with Crippen LogP contribution in [0.15, 0.2) is 4.99 Å². The maximum Gasteiger partial charge on any atom is 0.342 e. The van der Waals surface area contributed by atoms with E-state index in [1.165, 1.54) is 19.3 Å². The molecule has 0 aromatic rings. The second-order valence-electron chi connectivity index (χ2n) is 4.13. The number of ether oxygens (including phenoxy) is 1. The Bertz CT molecular complexity index is 324. The number of nitrogens with zero attached hydrogens (tertiary/aromatic N) is 1. The molecule has 116 valence electrons. The number of urea groups is 2. The third-order valence-corrected chi connectivity index (χ3v) is 2.75. The van der Waals surface area contributed by atoms with E-state index in [4.69, 9.17) is 10.5 Å². The lowest BCUT2D eigenvalue weighted by Crippen LogP contribution is -2.38. The molecule has 0 aliphatic rings. The number of nitrogens with one attached hydrogen (secondary N) is 2. The van der Waals surface area contributed by atoms with Crippen LogP contribution < -0.4 is 15.8 Å². The highest BCUT2D eigenvalue weighted by molar-refractivity contribution is 7.97. The Morgan fingerprint density at radius 1 is 1.20 bits per heavy atom. The molecule has 0 aliphatic carbocycles. The summed E-state index contributed by atoms with van der Waals surface area (Å²) in [5, 5.41) is 2.32. The van der Waals surface area contributed by atoms with Crippen LogP contribution in [0.3, 0.4) is 0 Å². The van der Waals surface area contributed by atoms with E-state index in [-0.39, 0.29) is 6.02 Å². The molecular formula is C12H24N4O3S. The van der Waals surface area contributed by atoms with Crippen LogP contribution in [0.4, 0.5) is 9.59 Å². The van der Waals surface area contributed by atoms with Crippen molar-refractivity contribution in [2.75, 3.05) is 12.9 Å². The van der Waals surface area contributed by atoms with Crippen molar-refractivity contribution in [1.29, 1.82) is 0 Å². The number of carbonyl (C=O) groups is 2. The van der Waals surface area contributed by atoms with Crippen molar-refractivity contribution in [3.63, 3.8) is 0 Å². The molecule has 4 amide bonds. The number of aliphatic imine (C=N–C) groups is 1. The van der Waals surface area contributed by atoms with Gasteiger partial charge in [-0.05, 0) is 6.42 Å². The second-order valence-corrected chi connectivity index (χ2v) is 4.74. The molecule has 0 atom stereocenters. The molecule has 0 spiro atoms. The maximum absolute atomic E-state index is 11.3. The Morgan fingerprint density at radius 3 is 2.45 bits per heavy atom. The van der Waals surface area contributed by atoms with Gasteiger partial charge < -0.3 is 10.5 Å². The van der Waals surface area contributed by atoms with Crippen molar-refractivity contribution >= 4 is 30.0 Å². The first kappa shape index (κ1) is 18.6. The van der Waals surface area contributed by atoms with Crippen molar-refractivity contribution in [2.24, 2.45) is 10.7 Å². The number of unbranched alkanes of at least 4 members (excludes halogenated alkanes) is 5. The SMILES string of the molecule is CCCCCCCCOC(=NC(N)=O)NC(=O)NSC. The quantitative estimate of drug-likeness (QED) is 0.277. The van der Waals surface area contributed by atoms with Crippen LogP contribution in [0, 0.1) is 0 Å². The van der Waals surface area contributed by atoms with Gasteiger partial charge in [-0.1, -0.05) is 51.0 Å². The third kappa shape index (κ3) is 11.6. The number of nitrogens with two attached hydrogens (primary N) is 1. The molecule has 20 heavy (non-hydrogen) atoms. The largest absolute Gasteiger partial charge is 0.465 e. The summed E-state index contributed by atoms with van der Waals surface area (Å²) in [7, 11) is 0. The minimum absolute atomic E-state index is 0.169. The molecule has 0 fully saturated rings. The summed E-state index contributed by atoms with van der Waals surface area (Å²) in [5.74, 6) is 0. The van der Waals surface area contributed by atoms with Gasteiger partial charge in [0.15, 0.2) is 0 Å². The third-order valence-electron chi connectivity index (χ3n) is 2.36. The summed E-state index contributed by atoms with van der Waals surface area (Å²) in [4.78, 5) is 25.4. The van der Waals surface area contributed by atoms with E-state index in [1.807, 2.05) is 0 Å². The lowest BCUT2D eigenvalue weighted by atomic mass is 10.1. The second kappa shape index (κ2) is 12.6. The van der Waals surface area contributed by atoms with E-state index in [2.05, 4.69) is 22.0 Å². The van der Waals surface area contributed by atoms with Gasteiger partial charge in [0, 0.05) is 6.26 Å². The van der Waals surface area contributed by atoms with Crippen molar-refractivity contribution in [2.45, 2.75) is 45.4 Å². The lowest BCUT2D eigenvalue weighted by molar-refractivity contribution is 0.240. The average Bonchev–Trinajstić information content (AvgIpc) is 2.37. The van der Waals surface area contributed by atoms with Crippen LogP contribution in [-0.4, -0.2) is 30.9 Å². The number of carbonyl (C=O) groups excluding carboxylic acids is 2. The number of amides is 4.